The molecule has 0 atom stereocenters. The van der Waals surface area contributed by atoms with Gasteiger partial charge in [-0.2, -0.15) is 4.98 Å². The van der Waals surface area contributed by atoms with Gasteiger partial charge in [0.05, 0.1) is 18.1 Å². The summed E-state index contributed by atoms with van der Waals surface area (Å²) < 4.78 is 7.57. The maximum atomic E-state index is 5.90. The number of hydrogen-bond donors (Lipinski definition) is 0. The van der Waals surface area contributed by atoms with Crippen molar-refractivity contribution in [1.82, 2.24) is 25.0 Å². The van der Waals surface area contributed by atoms with E-state index < -0.39 is 0 Å². The highest BCUT2D eigenvalue weighted by Gasteiger charge is 2.09. The Morgan fingerprint density at radius 2 is 1.95 bits per heavy atom. The van der Waals surface area contributed by atoms with Gasteiger partial charge in [0.25, 0.3) is 0 Å². The van der Waals surface area contributed by atoms with Crippen LogP contribution in [0.5, 0.6) is 11.6 Å². The van der Waals surface area contributed by atoms with Gasteiger partial charge in [0.15, 0.2) is 0 Å². The predicted molar refractivity (Wildman–Crippen MR) is 77.7 cm³/mol. The maximum absolute atomic E-state index is 5.90. The molecule has 0 aliphatic heterocycles. The van der Waals surface area contributed by atoms with Gasteiger partial charge in [-0.05, 0) is 32.9 Å². The number of aromatic nitrogens is 5. The molecular formula is C15H15N5O. The summed E-state index contributed by atoms with van der Waals surface area (Å²) in [6.07, 6.45) is 3.41. The van der Waals surface area contributed by atoms with Gasteiger partial charge in [0, 0.05) is 17.3 Å². The van der Waals surface area contributed by atoms with E-state index in [-0.39, 0.29) is 0 Å². The zero-order chi connectivity index (χ0) is 14.8. The van der Waals surface area contributed by atoms with Crippen LogP contribution in [0.1, 0.15) is 17.1 Å². The second kappa shape index (κ2) is 5.32. The number of aryl methyl sites for hydroxylation is 2. The summed E-state index contributed by atoms with van der Waals surface area (Å²) in [5.41, 5.74) is 2.74. The van der Waals surface area contributed by atoms with Gasteiger partial charge in [-0.25, -0.2) is 9.67 Å². The minimum absolute atomic E-state index is 0.579. The summed E-state index contributed by atoms with van der Waals surface area (Å²) in [7, 11) is 0. The summed E-state index contributed by atoms with van der Waals surface area (Å²) in [4.78, 5) is 8.67. The van der Waals surface area contributed by atoms with Crippen molar-refractivity contribution in [3.63, 3.8) is 0 Å². The van der Waals surface area contributed by atoms with Crippen molar-refractivity contribution in [3.05, 3.63) is 53.7 Å². The van der Waals surface area contributed by atoms with Gasteiger partial charge < -0.3 is 4.74 Å². The van der Waals surface area contributed by atoms with Crippen LogP contribution in [-0.4, -0.2) is 25.0 Å². The normalized spacial score (nSPS) is 10.6. The molecular weight excluding hydrogens is 266 g/mol. The Morgan fingerprint density at radius 3 is 2.71 bits per heavy atom. The van der Waals surface area contributed by atoms with Crippen molar-refractivity contribution in [2.75, 3.05) is 0 Å². The Morgan fingerprint density at radius 1 is 1.10 bits per heavy atom. The highest BCUT2D eigenvalue weighted by Crippen LogP contribution is 2.25. The van der Waals surface area contributed by atoms with Crippen LogP contribution in [0.25, 0.3) is 5.69 Å². The third kappa shape index (κ3) is 2.74. The molecule has 0 aliphatic rings. The first-order chi connectivity index (χ1) is 10.1. The maximum Gasteiger partial charge on any atom is 0.225 e. The zero-order valence-corrected chi connectivity index (χ0v) is 12.1. The minimum atomic E-state index is 0.579. The number of ether oxygens (including phenoxy) is 1. The molecule has 0 spiro atoms. The van der Waals surface area contributed by atoms with E-state index in [1.54, 1.807) is 17.1 Å². The monoisotopic (exact) mass is 281 g/mol. The van der Waals surface area contributed by atoms with Crippen LogP contribution in [0.15, 0.2) is 36.7 Å². The van der Waals surface area contributed by atoms with E-state index in [1.165, 1.54) is 0 Å². The van der Waals surface area contributed by atoms with Crippen LogP contribution in [-0.2, 0) is 0 Å². The third-order valence-corrected chi connectivity index (χ3v) is 3.18. The lowest BCUT2D eigenvalue weighted by Crippen LogP contribution is -2.00. The van der Waals surface area contributed by atoms with Crippen molar-refractivity contribution < 1.29 is 4.74 Å². The van der Waals surface area contributed by atoms with Crippen molar-refractivity contribution in [2.24, 2.45) is 0 Å². The molecule has 0 N–H and O–H groups in total. The van der Waals surface area contributed by atoms with Gasteiger partial charge in [-0.15, -0.1) is 5.10 Å². The van der Waals surface area contributed by atoms with Gasteiger partial charge in [0.1, 0.15) is 11.6 Å². The largest absolute Gasteiger partial charge is 0.439 e. The van der Waals surface area contributed by atoms with Crippen LogP contribution in [0.4, 0.5) is 0 Å². The van der Waals surface area contributed by atoms with Crippen molar-refractivity contribution in [3.8, 4) is 17.3 Å². The third-order valence-electron chi connectivity index (χ3n) is 3.18. The Labute approximate surface area is 122 Å². The molecule has 6 nitrogen and oxygen atoms in total. The van der Waals surface area contributed by atoms with E-state index >= 15 is 0 Å². The van der Waals surface area contributed by atoms with Gasteiger partial charge >= 0.3 is 0 Å². The summed E-state index contributed by atoms with van der Waals surface area (Å²) in [5, 5.41) is 7.77. The zero-order valence-electron chi connectivity index (χ0n) is 12.1. The summed E-state index contributed by atoms with van der Waals surface area (Å²) in [5.74, 6) is 1.97. The quantitative estimate of drug-likeness (QED) is 0.738. The molecule has 3 aromatic rings. The van der Waals surface area contributed by atoms with E-state index in [0.717, 1.165) is 16.9 Å². The summed E-state index contributed by atoms with van der Waals surface area (Å²) in [6.45, 7) is 5.75. The molecule has 21 heavy (non-hydrogen) atoms. The Bertz CT molecular complexity index is 768. The van der Waals surface area contributed by atoms with Crippen molar-refractivity contribution >= 4 is 0 Å². The smallest absolute Gasteiger partial charge is 0.225 e. The van der Waals surface area contributed by atoms with Crippen LogP contribution in [0.3, 0.4) is 0 Å². The SMILES string of the molecule is Cc1nc(C)c(C)c(Oc2cccc(-n3ccnn3)c2)n1. The fraction of sp³-hybridized carbons (Fsp3) is 0.200. The Kier molecular flexibility index (Phi) is 3.35. The lowest BCUT2D eigenvalue weighted by Gasteiger charge is -2.11. The summed E-state index contributed by atoms with van der Waals surface area (Å²) >= 11 is 0. The highest BCUT2D eigenvalue weighted by atomic mass is 16.5. The second-order valence-corrected chi connectivity index (χ2v) is 4.73. The molecule has 2 aromatic heterocycles. The molecule has 6 heteroatoms. The number of benzene rings is 1. The number of nitrogens with zero attached hydrogens (tertiary/aromatic N) is 5. The lowest BCUT2D eigenvalue weighted by atomic mass is 10.2. The Balaban J connectivity index is 1.94. The first-order valence-corrected chi connectivity index (χ1v) is 6.60. The first kappa shape index (κ1) is 13.2. The molecule has 0 aliphatic carbocycles. The van der Waals surface area contributed by atoms with E-state index in [4.69, 9.17) is 4.74 Å². The molecule has 0 saturated heterocycles. The molecule has 0 amide bonds. The van der Waals surface area contributed by atoms with E-state index in [9.17, 15) is 0 Å². The highest BCUT2D eigenvalue weighted by molar-refractivity contribution is 5.41. The topological polar surface area (TPSA) is 65.7 Å². The molecule has 0 unspecified atom stereocenters. The standard InChI is InChI=1S/C15H15N5O/c1-10-11(2)17-12(3)18-15(10)21-14-6-4-5-13(9-14)20-8-7-16-19-20/h4-9H,1-3H3. The van der Waals surface area contributed by atoms with E-state index in [1.807, 2.05) is 45.0 Å². The Hall–Kier alpha value is -2.76. The molecule has 1 aromatic carbocycles. The molecule has 0 fully saturated rings. The van der Waals surface area contributed by atoms with Crippen LogP contribution >= 0.6 is 0 Å². The molecule has 106 valence electrons. The van der Waals surface area contributed by atoms with Crippen LogP contribution < -0.4 is 4.74 Å². The van der Waals surface area contributed by atoms with Crippen LogP contribution in [0, 0.1) is 20.8 Å². The van der Waals surface area contributed by atoms with Gasteiger partial charge in [-0.3, -0.25) is 0 Å². The molecule has 0 bridgehead atoms. The van der Waals surface area contributed by atoms with E-state index in [2.05, 4.69) is 20.3 Å². The van der Waals surface area contributed by atoms with Crippen molar-refractivity contribution in [1.29, 1.82) is 0 Å². The van der Waals surface area contributed by atoms with Crippen molar-refractivity contribution in [2.45, 2.75) is 20.8 Å². The summed E-state index contributed by atoms with van der Waals surface area (Å²) in [6, 6.07) is 7.61. The average molecular weight is 281 g/mol. The molecule has 0 radical (unpaired) electrons. The fourth-order valence-electron chi connectivity index (χ4n) is 1.98. The molecule has 3 rings (SSSR count). The van der Waals surface area contributed by atoms with Crippen LogP contribution in [0.2, 0.25) is 0 Å². The molecule has 0 saturated carbocycles. The average Bonchev–Trinajstić information content (AvgIpc) is 2.99. The van der Waals surface area contributed by atoms with Gasteiger partial charge in [0.2, 0.25) is 5.88 Å². The van der Waals surface area contributed by atoms with E-state index in [0.29, 0.717) is 17.5 Å². The second-order valence-electron chi connectivity index (χ2n) is 4.73. The first-order valence-electron chi connectivity index (χ1n) is 6.60. The lowest BCUT2D eigenvalue weighted by molar-refractivity contribution is 0.454. The number of hydrogen-bond acceptors (Lipinski definition) is 5. The van der Waals surface area contributed by atoms with Gasteiger partial charge in [-0.1, -0.05) is 11.3 Å². The predicted octanol–water partition coefficient (Wildman–Crippen LogP) is 2.77. The minimum Gasteiger partial charge on any atom is -0.439 e. The fourth-order valence-corrected chi connectivity index (χ4v) is 1.98. The molecule has 2 heterocycles. The number of rotatable bonds is 3.